The van der Waals surface area contributed by atoms with Crippen molar-refractivity contribution in [2.24, 2.45) is 0 Å². The number of aromatic nitrogens is 1. The molecule has 0 aliphatic rings. The van der Waals surface area contributed by atoms with Crippen molar-refractivity contribution >= 4 is 28.4 Å². The zero-order valence-corrected chi connectivity index (χ0v) is 15.6. The third kappa shape index (κ3) is 3.73. The first-order valence-electron chi connectivity index (χ1n) is 8.98. The van der Waals surface area contributed by atoms with E-state index >= 15 is 0 Å². The Kier molecular flexibility index (Phi) is 4.83. The molecule has 5 nitrogen and oxygen atoms in total. The molecule has 1 aromatic heterocycles. The summed E-state index contributed by atoms with van der Waals surface area (Å²) in [4.78, 5) is 24.9. The molecule has 0 atom stereocenters. The molecule has 0 radical (unpaired) electrons. The number of benzene rings is 3. The van der Waals surface area contributed by atoms with Gasteiger partial charge in [0, 0.05) is 18.5 Å². The monoisotopic (exact) mass is 388 g/mol. The number of carbonyl (C=O) groups is 2. The highest BCUT2D eigenvalue weighted by Gasteiger charge is 2.19. The van der Waals surface area contributed by atoms with Crippen molar-refractivity contribution < 1.29 is 18.7 Å². The van der Waals surface area contributed by atoms with E-state index in [-0.39, 0.29) is 11.5 Å². The van der Waals surface area contributed by atoms with E-state index in [2.05, 4.69) is 5.32 Å². The topological polar surface area (TPSA) is 60.3 Å². The number of nitrogens with one attached hydrogen (secondary N) is 1. The van der Waals surface area contributed by atoms with Gasteiger partial charge in [0.15, 0.2) is 5.75 Å². The van der Waals surface area contributed by atoms with E-state index in [1.165, 1.54) is 35.9 Å². The molecule has 4 aromatic rings. The smallest absolute Gasteiger partial charge is 0.257 e. The number of fused-ring (bicyclic) bond motifs is 1. The fourth-order valence-electron chi connectivity index (χ4n) is 3.11. The molecule has 0 aliphatic heterocycles. The largest absolute Gasteiger partial charge is 0.455 e. The lowest BCUT2D eigenvalue weighted by Gasteiger charge is -2.12. The van der Waals surface area contributed by atoms with Crippen molar-refractivity contribution in [3.8, 4) is 11.5 Å². The lowest BCUT2D eigenvalue weighted by atomic mass is 10.1. The van der Waals surface area contributed by atoms with Crippen LogP contribution in [-0.2, 0) is 0 Å². The molecule has 0 bridgehead atoms. The molecule has 144 valence electrons. The quantitative estimate of drug-likeness (QED) is 0.503. The zero-order valence-electron chi connectivity index (χ0n) is 15.6. The second kappa shape index (κ2) is 7.59. The molecule has 29 heavy (non-hydrogen) atoms. The molecular weight excluding hydrogens is 371 g/mol. The summed E-state index contributed by atoms with van der Waals surface area (Å²) in [5.74, 6) is -0.128. The Morgan fingerprint density at radius 3 is 2.45 bits per heavy atom. The van der Waals surface area contributed by atoms with Gasteiger partial charge in [-0.2, -0.15) is 0 Å². The van der Waals surface area contributed by atoms with Crippen LogP contribution >= 0.6 is 0 Å². The number of carbonyl (C=O) groups excluding carboxylic acids is 2. The van der Waals surface area contributed by atoms with Crippen LogP contribution in [0.4, 0.5) is 10.1 Å². The summed E-state index contributed by atoms with van der Waals surface area (Å²) in [6, 6.07) is 20.2. The average Bonchev–Trinajstić information content (AvgIpc) is 3.09. The Morgan fingerprint density at radius 2 is 1.69 bits per heavy atom. The van der Waals surface area contributed by atoms with Gasteiger partial charge in [0.1, 0.15) is 11.6 Å². The van der Waals surface area contributed by atoms with E-state index in [0.29, 0.717) is 28.1 Å². The van der Waals surface area contributed by atoms with E-state index in [4.69, 9.17) is 4.74 Å². The number of amides is 1. The zero-order chi connectivity index (χ0) is 20.4. The van der Waals surface area contributed by atoms with Gasteiger partial charge in [0.25, 0.3) is 5.91 Å². The number of halogens is 1. The molecule has 6 heteroatoms. The van der Waals surface area contributed by atoms with Crippen molar-refractivity contribution in [1.29, 1.82) is 0 Å². The Balaban J connectivity index is 1.69. The van der Waals surface area contributed by atoms with Gasteiger partial charge in [0.05, 0.1) is 16.8 Å². The first-order chi connectivity index (χ1) is 14.0. The van der Waals surface area contributed by atoms with Crippen molar-refractivity contribution in [1.82, 2.24) is 4.57 Å². The molecule has 1 heterocycles. The number of hydrogen-bond acceptors (Lipinski definition) is 3. The molecule has 0 saturated carbocycles. The Bertz CT molecular complexity index is 1220. The first-order valence-corrected chi connectivity index (χ1v) is 8.98. The average molecular weight is 388 g/mol. The SMILES string of the molecule is CC(=O)n1cc(C(=O)Nc2ccccc2Oc2ccccc2)c2cc(F)ccc21. The van der Waals surface area contributed by atoms with Gasteiger partial charge in [-0.1, -0.05) is 30.3 Å². The van der Waals surface area contributed by atoms with E-state index in [0.717, 1.165) is 0 Å². The van der Waals surface area contributed by atoms with Gasteiger partial charge in [-0.05, 0) is 42.5 Å². The van der Waals surface area contributed by atoms with Crippen LogP contribution in [-0.4, -0.2) is 16.4 Å². The van der Waals surface area contributed by atoms with E-state index < -0.39 is 11.7 Å². The van der Waals surface area contributed by atoms with Gasteiger partial charge in [-0.25, -0.2) is 4.39 Å². The van der Waals surface area contributed by atoms with Crippen LogP contribution in [0.15, 0.2) is 79.0 Å². The normalized spacial score (nSPS) is 10.7. The molecule has 1 N–H and O–H groups in total. The van der Waals surface area contributed by atoms with Crippen molar-refractivity contribution in [3.05, 3.63) is 90.4 Å². The highest BCUT2D eigenvalue weighted by Crippen LogP contribution is 2.30. The number of nitrogens with zero attached hydrogens (tertiary/aromatic N) is 1. The van der Waals surface area contributed by atoms with Crippen LogP contribution in [0.1, 0.15) is 22.1 Å². The minimum atomic E-state index is -0.485. The maximum atomic E-state index is 13.8. The highest BCUT2D eigenvalue weighted by atomic mass is 19.1. The number of rotatable bonds is 4. The summed E-state index contributed by atoms with van der Waals surface area (Å²) in [6.07, 6.45) is 1.42. The van der Waals surface area contributed by atoms with E-state index in [9.17, 15) is 14.0 Å². The third-order valence-electron chi connectivity index (χ3n) is 4.46. The number of hydrogen-bond donors (Lipinski definition) is 1. The summed E-state index contributed by atoms with van der Waals surface area (Å²) in [7, 11) is 0. The van der Waals surface area contributed by atoms with Crippen molar-refractivity contribution in [2.45, 2.75) is 6.92 Å². The van der Waals surface area contributed by atoms with Crippen molar-refractivity contribution in [2.75, 3.05) is 5.32 Å². The molecule has 0 saturated heterocycles. The molecule has 0 spiro atoms. The van der Waals surface area contributed by atoms with Gasteiger partial charge in [-0.15, -0.1) is 0 Å². The standard InChI is InChI=1S/C23H17FN2O3/c1-15(27)26-14-19(18-13-16(24)11-12-21(18)26)23(28)25-20-9-5-6-10-22(20)29-17-7-3-2-4-8-17/h2-14H,1H3,(H,25,28). The highest BCUT2D eigenvalue weighted by molar-refractivity contribution is 6.14. The van der Waals surface area contributed by atoms with Crippen LogP contribution < -0.4 is 10.1 Å². The van der Waals surface area contributed by atoms with Crippen LogP contribution in [0, 0.1) is 5.82 Å². The predicted molar refractivity (Wildman–Crippen MR) is 109 cm³/mol. The fourth-order valence-corrected chi connectivity index (χ4v) is 3.11. The molecule has 0 fully saturated rings. The first kappa shape index (κ1) is 18.4. The van der Waals surface area contributed by atoms with Gasteiger partial charge in [-0.3, -0.25) is 14.2 Å². The molecule has 0 unspecified atom stereocenters. The molecular formula is C23H17FN2O3. The summed E-state index contributed by atoms with van der Waals surface area (Å²) >= 11 is 0. The minimum Gasteiger partial charge on any atom is -0.455 e. The number of para-hydroxylation sites is 3. The summed E-state index contributed by atoms with van der Waals surface area (Å²) in [6.45, 7) is 1.38. The van der Waals surface area contributed by atoms with E-state index in [1.807, 2.05) is 30.3 Å². The second-order valence-corrected chi connectivity index (χ2v) is 6.46. The molecule has 0 aliphatic carbocycles. The fraction of sp³-hybridized carbons (Fsp3) is 0.0435. The summed E-state index contributed by atoms with van der Waals surface area (Å²) < 4.78 is 21.0. The van der Waals surface area contributed by atoms with Crippen LogP contribution in [0.25, 0.3) is 10.9 Å². The second-order valence-electron chi connectivity index (χ2n) is 6.46. The Morgan fingerprint density at radius 1 is 0.966 bits per heavy atom. The number of anilines is 1. The molecule has 1 amide bonds. The summed E-state index contributed by atoms with van der Waals surface area (Å²) in [5.41, 5.74) is 1.13. The maximum Gasteiger partial charge on any atom is 0.257 e. The molecule has 3 aromatic carbocycles. The lowest BCUT2D eigenvalue weighted by Crippen LogP contribution is -2.12. The summed E-state index contributed by atoms with van der Waals surface area (Å²) in [5, 5.41) is 3.16. The Hall–Kier alpha value is -3.93. The van der Waals surface area contributed by atoms with Crippen LogP contribution in [0.5, 0.6) is 11.5 Å². The maximum absolute atomic E-state index is 13.8. The van der Waals surface area contributed by atoms with E-state index in [1.54, 1.807) is 24.3 Å². The number of ether oxygens (including phenoxy) is 1. The Labute approximate surface area is 166 Å². The minimum absolute atomic E-state index is 0.198. The predicted octanol–water partition coefficient (Wildman–Crippen LogP) is 5.49. The third-order valence-corrected chi connectivity index (χ3v) is 4.46. The van der Waals surface area contributed by atoms with Crippen LogP contribution in [0.2, 0.25) is 0 Å². The molecule has 4 rings (SSSR count). The van der Waals surface area contributed by atoms with Crippen molar-refractivity contribution in [3.63, 3.8) is 0 Å². The lowest BCUT2D eigenvalue weighted by molar-refractivity contribution is 0.0941. The van der Waals surface area contributed by atoms with Gasteiger partial charge >= 0.3 is 0 Å². The van der Waals surface area contributed by atoms with Crippen LogP contribution in [0.3, 0.4) is 0 Å². The van der Waals surface area contributed by atoms with Gasteiger partial charge < -0.3 is 10.1 Å². The van der Waals surface area contributed by atoms with Gasteiger partial charge in [0.2, 0.25) is 5.91 Å².